The molecule has 2 heterocycles. The molecule has 2 N–H and O–H groups in total. The van der Waals surface area contributed by atoms with E-state index < -0.39 is 0 Å². The Morgan fingerprint density at radius 3 is 3.27 bits per heavy atom. The molecule has 0 saturated carbocycles. The summed E-state index contributed by atoms with van der Waals surface area (Å²) in [7, 11) is 0. The van der Waals surface area contributed by atoms with Gasteiger partial charge in [-0.25, -0.2) is 0 Å². The highest BCUT2D eigenvalue weighted by atomic mass is 16.5. The van der Waals surface area contributed by atoms with E-state index in [1.807, 2.05) is 0 Å². The van der Waals surface area contributed by atoms with E-state index in [4.69, 9.17) is 0 Å². The van der Waals surface area contributed by atoms with Gasteiger partial charge in [0.1, 0.15) is 6.26 Å². The topological polar surface area (TPSA) is 67.2 Å². The molecule has 1 aliphatic heterocycles. The van der Waals surface area contributed by atoms with Gasteiger partial charge in [-0.15, -0.1) is 0 Å². The third-order valence-electron chi connectivity index (χ3n) is 2.57. The van der Waals surface area contributed by atoms with E-state index in [0.29, 0.717) is 5.82 Å². The second-order valence-electron chi connectivity index (χ2n) is 3.73. The first-order chi connectivity index (χ1) is 7.36. The van der Waals surface area contributed by atoms with Gasteiger partial charge in [0.15, 0.2) is 5.82 Å². The Hall–Kier alpha value is -1.36. The minimum atomic E-state index is -0.0933. The average Bonchev–Trinajstić information content (AvgIpc) is 2.58. The number of anilines is 1. The molecular formula is C10H15N3O2. The van der Waals surface area contributed by atoms with Crippen LogP contribution in [0.4, 0.5) is 5.82 Å². The van der Waals surface area contributed by atoms with E-state index in [2.05, 4.69) is 20.3 Å². The summed E-state index contributed by atoms with van der Waals surface area (Å²) in [6.45, 7) is 0.914. The van der Waals surface area contributed by atoms with Crippen molar-refractivity contribution in [2.75, 3.05) is 11.9 Å². The van der Waals surface area contributed by atoms with Crippen molar-refractivity contribution >= 4 is 11.7 Å². The smallest absolute Gasteiger partial charge is 0.242 e. The summed E-state index contributed by atoms with van der Waals surface area (Å²) >= 11 is 0. The second-order valence-corrected chi connectivity index (χ2v) is 3.73. The molecule has 1 amide bonds. The minimum Gasteiger partial charge on any atom is -0.363 e. The van der Waals surface area contributed by atoms with Gasteiger partial charge in [0.25, 0.3) is 0 Å². The van der Waals surface area contributed by atoms with Crippen LogP contribution in [0.25, 0.3) is 0 Å². The fourth-order valence-electron chi connectivity index (χ4n) is 1.74. The Balaban J connectivity index is 1.89. The normalized spacial score (nSPS) is 22.0. The number of carbonyl (C=O) groups excluding carboxylic acids is 1. The van der Waals surface area contributed by atoms with E-state index in [1.165, 1.54) is 12.7 Å². The molecule has 1 unspecified atom stereocenters. The van der Waals surface area contributed by atoms with Crippen LogP contribution < -0.4 is 10.6 Å². The van der Waals surface area contributed by atoms with Crippen molar-refractivity contribution in [1.29, 1.82) is 0 Å². The Labute approximate surface area is 88.2 Å². The number of aromatic nitrogens is 1. The van der Waals surface area contributed by atoms with Gasteiger partial charge in [-0.1, -0.05) is 18.0 Å². The van der Waals surface area contributed by atoms with Crippen LogP contribution in [0, 0.1) is 0 Å². The highest BCUT2D eigenvalue weighted by Gasteiger charge is 2.19. The highest BCUT2D eigenvalue weighted by Crippen LogP contribution is 2.10. The zero-order valence-corrected chi connectivity index (χ0v) is 8.53. The van der Waals surface area contributed by atoms with Gasteiger partial charge in [-0.3, -0.25) is 4.79 Å². The fourth-order valence-corrected chi connectivity index (χ4v) is 1.74. The third kappa shape index (κ3) is 2.79. The maximum Gasteiger partial charge on any atom is 0.242 e. The lowest BCUT2D eigenvalue weighted by atomic mass is 10.1. The molecule has 2 rings (SSSR count). The average molecular weight is 209 g/mol. The molecule has 1 aromatic heterocycles. The molecule has 1 saturated heterocycles. The van der Waals surface area contributed by atoms with E-state index in [1.54, 1.807) is 6.07 Å². The molecule has 1 aliphatic rings. The Kier molecular flexibility index (Phi) is 3.34. The van der Waals surface area contributed by atoms with Gasteiger partial charge in [0.05, 0.1) is 6.04 Å². The zero-order chi connectivity index (χ0) is 10.5. The lowest BCUT2D eigenvalue weighted by Gasteiger charge is -2.13. The van der Waals surface area contributed by atoms with Crippen LogP contribution in [0.5, 0.6) is 0 Å². The number of rotatable bonds is 2. The van der Waals surface area contributed by atoms with Crippen LogP contribution in [-0.2, 0) is 4.79 Å². The number of nitrogens with zero attached hydrogens (tertiary/aromatic N) is 1. The maximum atomic E-state index is 11.8. The molecule has 1 fully saturated rings. The lowest BCUT2D eigenvalue weighted by molar-refractivity contribution is -0.118. The van der Waals surface area contributed by atoms with Crippen LogP contribution in [-0.4, -0.2) is 23.7 Å². The molecule has 5 nitrogen and oxygen atoms in total. The van der Waals surface area contributed by atoms with Crippen LogP contribution in [0.2, 0.25) is 0 Å². The van der Waals surface area contributed by atoms with Crippen LogP contribution in [0.3, 0.4) is 0 Å². The lowest BCUT2D eigenvalue weighted by Crippen LogP contribution is -2.39. The molecule has 0 bridgehead atoms. The minimum absolute atomic E-state index is 0.0224. The monoisotopic (exact) mass is 209 g/mol. The first-order valence-corrected chi connectivity index (χ1v) is 5.31. The summed E-state index contributed by atoms with van der Waals surface area (Å²) in [5, 5.41) is 9.58. The molecule has 1 aromatic rings. The molecule has 0 aromatic carbocycles. The summed E-state index contributed by atoms with van der Waals surface area (Å²) < 4.78 is 4.64. The fraction of sp³-hybridized carbons (Fsp3) is 0.600. The van der Waals surface area contributed by atoms with Gasteiger partial charge in [0.2, 0.25) is 5.91 Å². The van der Waals surface area contributed by atoms with Crippen molar-refractivity contribution in [1.82, 2.24) is 10.5 Å². The van der Waals surface area contributed by atoms with Crippen molar-refractivity contribution < 1.29 is 9.32 Å². The van der Waals surface area contributed by atoms with Crippen molar-refractivity contribution in [2.45, 2.75) is 31.7 Å². The SMILES string of the molecule is O=C(Nc1ccon1)C1CCCCCN1. The Morgan fingerprint density at radius 2 is 2.47 bits per heavy atom. The van der Waals surface area contributed by atoms with E-state index in [-0.39, 0.29) is 11.9 Å². The van der Waals surface area contributed by atoms with Crippen LogP contribution in [0.1, 0.15) is 25.7 Å². The van der Waals surface area contributed by atoms with Gasteiger partial charge < -0.3 is 15.2 Å². The van der Waals surface area contributed by atoms with Gasteiger partial charge >= 0.3 is 0 Å². The van der Waals surface area contributed by atoms with Crippen molar-refractivity contribution in [3.05, 3.63) is 12.3 Å². The van der Waals surface area contributed by atoms with E-state index >= 15 is 0 Å². The number of nitrogens with one attached hydrogen (secondary N) is 2. The van der Waals surface area contributed by atoms with Crippen molar-refractivity contribution in [3.63, 3.8) is 0 Å². The summed E-state index contributed by atoms with van der Waals surface area (Å²) in [6.07, 6.45) is 5.78. The first kappa shape index (κ1) is 10.2. The summed E-state index contributed by atoms with van der Waals surface area (Å²) in [6, 6.07) is 1.54. The van der Waals surface area contributed by atoms with Crippen molar-refractivity contribution in [3.8, 4) is 0 Å². The molecular weight excluding hydrogens is 194 g/mol. The van der Waals surface area contributed by atoms with Gasteiger partial charge in [-0.2, -0.15) is 0 Å². The predicted molar refractivity (Wildman–Crippen MR) is 55.4 cm³/mol. The Morgan fingerprint density at radius 1 is 1.53 bits per heavy atom. The van der Waals surface area contributed by atoms with Crippen LogP contribution >= 0.6 is 0 Å². The first-order valence-electron chi connectivity index (χ1n) is 5.31. The molecule has 82 valence electrons. The summed E-state index contributed by atoms with van der Waals surface area (Å²) in [4.78, 5) is 11.8. The third-order valence-corrected chi connectivity index (χ3v) is 2.57. The Bertz CT molecular complexity index is 302. The molecule has 0 spiro atoms. The summed E-state index contributed by atoms with van der Waals surface area (Å²) in [5.41, 5.74) is 0. The number of amides is 1. The molecule has 15 heavy (non-hydrogen) atoms. The highest BCUT2D eigenvalue weighted by molar-refractivity contribution is 5.93. The molecule has 0 radical (unpaired) electrons. The second kappa shape index (κ2) is 4.93. The number of hydrogen-bond acceptors (Lipinski definition) is 4. The van der Waals surface area contributed by atoms with Crippen LogP contribution in [0.15, 0.2) is 16.9 Å². The predicted octanol–water partition coefficient (Wildman–Crippen LogP) is 1.15. The molecule has 1 atom stereocenters. The largest absolute Gasteiger partial charge is 0.363 e. The quantitative estimate of drug-likeness (QED) is 0.766. The molecule has 5 heteroatoms. The number of hydrogen-bond donors (Lipinski definition) is 2. The summed E-state index contributed by atoms with van der Waals surface area (Å²) in [5.74, 6) is 0.455. The van der Waals surface area contributed by atoms with Gasteiger partial charge in [-0.05, 0) is 19.4 Å². The molecule has 0 aliphatic carbocycles. The van der Waals surface area contributed by atoms with Gasteiger partial charge in [0, 0.05) is 6.07 Å². The van der Waals surface area contributed by atoms with E-state index in [9.17, 15) is 4.79 Å². The van der Waals surface area contributed by atoms with E-state index in [0.717, 1.165) is 25.8 Å². The standard InChI is InChI=1S/C10H15N3O2/c14-10(12-9-5-7-15-13-9)8-4-2-1-3-6-11-8/h5,7-8,11H,1-4,6H2,(H,12,13,14). The maximum absolute atomic E-state index is 11.8. The van der Waals surface area contributed by atoms with Crippen molar-refractivity contribution in [2.24, 2.45) is 0 Å². The number of carbonyl (C=O) groups is 1. The zero-order valence-electron chi connectivity index (χ0n) is 8.53.